The Morgan fingerprint density at radius 2 is 1.71 bits per heavy atom. The smallest absolute Gasteiger partial charge is 0.221 e. The van der Waals surface area contributed by atoms with Gasteiger partial charge in [-0.25, -0.2) is 4.98 Å². The molecule has 0 aliphatic carbocycles. The highest BCUT2D eigenvalue weighted by molar-refractivity contribution is 6.42. The maximum atomic E-state index is 12.1. The number of imidazole rings is 1. The Labute approximate surface area is 183 Å². The number of benzene rings is 2. The SMILES string of the molecule is CC(C)NC(=O)CCn1c(Cc2c(Cl)cccc2Cl)nc2cc(Cl)c(Cl)cc21. The van der Waals surface area contributed by atoms with Crippen molar-refractivity contribution >= 4 is 63.3 Å². The average molecular weight is 459 g/mol. The van der Waals surface area contributed by atoms with Crippen LogP contribution in [0, 0.1) is 0 Å². The third-order valence-corrected chi connectivity index (χ3v) is 5.71. The second kappa shape index (κ2) is 8.91. The van der Waals surface area contributed by atoms with Gasteiger partial charge in [0.25, 0.3) is 0 Å². The Balaban J connectivity index is 2.01. The summed E-state index contributed by atoms with van der Waals surface area (Å²) in [6.45, 7) is 4.30. The summed E-state index contributed by atoms with van der Waals surface area (Å²) < 4.78 is 1.97. The van der Waals surface area contributed by atoms with E-state index in [4.69, 9.17) is 51.4 Å². The molecule has 148 valence electrons. The molecule has 2 aromatic carbocycles. The predicted octanol–water partition coefficient (Wildman–Crippen LogP) is 6.16. The van der Waals surface area contributed by atoms with Crippen LogP contribution >= 0.6 is 46.4 Å². The van der Waals surface area contributed by atoms with Crippen molar-refractivity contribution < 1.29 is 4.79 Å². The Morgan fingerprint density at radius 3 is 2.36 bits per heavy atom. The van der Waals surface area contributed by atoms with Gasteiger partial charge >= 0.3 is 0 Å². The molecule has 0 saturated heterocycles. The molecule has 4 nitrogen and oxygen atoms in total. The van der Waals surface area contributed by atoms with E-state index in [-0.39, 0.29) is 11.9 Å². The summed E-state index contributed by atoms with van der Waals surface area (Å²) >= 11 is 25.0. The summed E-state index contributed by atoms with van der Waals surface area (Å²) in [4.78, 5) is 16.9. The lowest BCUT2D eigenvalue weighted by atomic mass is 10.1. The highest BCUT2D eigenvalue weighted by atomic mass is 35.5. The highest BCUT2D eigenvalue weighted by Gasteiger charge is 2.17. The number of hydrogen-bond donors (Lipinski definition) is 1. The maximum absolute atomic E-state index is 12.1. The molecule has 0 saturated carbocycles. The number of carbonyl (C=O) groups excluding carboxylic acids is 1. The van der Waals surface area contributed by atoms with Crippen LogP contribution < -0.4 is 5.32 Å². The lowest BCUT2D eigenvalue weighted by Crippen LogP contribution is -2.30. The second-order valence-corrected chi connectivity index (χ2v) is 8.41. The van der Waals surface area contributed by atoms with E-state index in [1.165, 1.54) is 0 Å². The summed E-state index contributed by atoms with van der Waals surface area (Å²) in [5, 5.41) is 4.90. The first-order chi connectivity index (χ1) is 13.3. The summed E-state index contributed by atoms with van der Waals surface area (Å²) in [5.74, 6) is 0.708. The van der Waals surface area contributed by atoms with E-state index in [2.05, 4.69) is 5.32 Å². The van der Waals surface area contributed by atoms with E-state index in [0.717, 1.165) is 16.9 Å². The van der Waals surface area contributed by atoms with Crippen LogP contribution in [0.5, 0.6) is 0 Å². The van der Waals surface area contributed by atoms with Crippen LogP contribution in [-0.4, -0.2) is 21.5 Å². The van der Waals surface area contributed by atoms with Crippen LogP contribution in [0.4, 0.5) is 0 Å². The first-order valence-corrected chi connectivity index (χ1v) is 10.3. The Hall–Kier alpha value is -1.46. The molecule has 0 radical (unpaired) electrons. The van der Waals surface area contributed by atoms with E-state index >= 15 is 0 Å². The molecule has 1 aromatic heterocycles. The van der Waals surface area contributed by atoms with Gasteiger partial charge in [-0.2, -0.15) is 0 Å². The van der Waals surface area contributed by atoms with Crippen molar-refractivity contribution in [1.29, 1.82) is 0 Å². The lowest BCUT2D eigenvalue weighted by Gasteiger charge is -2.12. The van der Waals surface area contributed by atoms with Crippen molar-refractivity contribution in [2.24, 2.45) is 0 Å². The van der Waals surface area contributed by atoms with Crippen molar-refractivity contribution in [3.05, 3.63) is 61.8 Å². The normalized spacial score (nSPS) is 11.4. The molecule has 0 atom stereocenters. The van der Waals surface area contributed by atoms with Gasteiger partial charge in [0.2, 0.25) is 5.91 Å². The fraction of sp³-hybridized carbons (Fsp3) is 0.300. The van der Waals surface area contributed by atoms with Gasteiger partial charge in [-0.05, 0) is 43.7 Å². The van der Waals surface area contributed by atoms with Crippen LogP contribution in [-0.2, 0) is 17.8 Å². The van der Waals surface area contributed by atoms with E-state index < -0.39 is 0 Å². The van der Waals surface area contributed by atoms with Crippen LogP contribution in [0.25, 0.3) is 11.0 Å². The Morgan fingerprint density at radius 1 is 1.07 bits per heavy atom. The Kier molecular flexibility index (Phi) is 6.77. The summed E-state index contributed by atoms with van der Waals surface area (Å²) in [5.41, 5.74) is 2.30. The third-order valence-electron chi connectivity index (χ3n) is 4.28. The molecule has 0 aliphatic heterocycles. The highest BCUT2D eigenvalue weighted by Crippen LogP contribution is 2.31. The molecule has 3 aromatic rings. The van der Waals surface area contributed by atoms with Crippen LogP contribution in [0.2, 0.25) is 20.1 Å². The fourth-order valence-electron chi connectivity index (χ4n) is 3.02. The largest absolute Gasteiger partial charge is 0.354 e. The molecule has 0 unspecified atom stereocenters. The number of carbonyl (C=O) groups is 1. The predicted molar refractivity (Wildman–Crippen MR) is 117 cm³/mol. The van der Waals surface area contributed by atoms with E-state index in [0.29, 0.717) is 45.0 Å². The molecule has 0 aliphatic rings. The number of nitrogens with one attached hydrogen (secondary N) is 1. The minimum atomic E-state index is -0.0290. The van der Waals surface area contributed by atoms with E-state index in [9.17, 15) is 4.79 Å². The van der Waals surface area contributed by atoms with Crippen molar-refractivity contribution in [3.8, 4) is 0 Å². The standard InChI is InChI=1S/C20H19Cl4N3O/c1-11(2)25-20(28)6-7-27-18-10-16(24)15(23)9-17(18)26-19(27)8-12-13(21)4-3-5-14(12)22/h3-5,9-11H,6-8H2,1-2H3,(H,25,28). The minimum absolute atomic E-state index is 0.0290. The number of rotatable bonds is 6. The maximum Gasteiger partial charge on any atom is 0.221 e. The van der Waals surface area contributed by atoms with E-state index in [1.807, 2.05) is 18.4 Å². The van der Waals surface area contributed by atoms with Gasteiger partial charge < -0.3 is 9.88 Å². The average Bonchev–Trinajstić information content (AvgIpc) is 2.92. The lowest BCUT2D eigenvalue weighted by molar-refractivity contribution is -0.121. The number of aryl methyl sites for hydroxylation is 1. The first kappa shape index (κ1) is 21.3. The molecule has 0 bridgehead atoms. The summed E-state index contributed by atoms with van der Waals surface area (Å²) in [7, 11) is 0. The zero-order valence-corrected chi connectivity index (χ0v) is 18.4. The molecule has 1 heterocycles. The molecular weight excluding hydrogens is 440 g/mol. The summed E-state index contributed by atoms with van der Waals surface area (Å²) in [6.07, 6.45) is 0.737. The van der Waals surface area contributed by atoms with Crippen LogP contribution in [0.15, 0.2) is 30.3 Å². The number of fused-ring (bicyclic) bond motifs is 1. The molecule has 0 fully saturated rings. The fourth-order valence-corrected chi connectivity index (χ4v) is 3.87. The molecular formula is C20H19Cl4N3O. The van der Waals surface area contributed by atoms with Crippen molar-refractivity contribution in [2.75, 3.05) is 0 Å². The monoisotopic (exact) mass is 457 g/mol. The van der Waals surface area contributed by atoms with Gasteiger partial charge in [-0.3, -0.25) is 4.79 Å². The van der Waals surface area contributed by atoms with Crippen molar-refractivity contribution in [1.82, 2.24) is 14.9 Å². The Bertz CT molecular complexity index is 1010. The topological polar surface area (TPSA) is 46.9 Å². The van der Waals surface area contributed by atoms with Gasteiger partial charge in [-0.15, -0.1) is 0 Å². The van der Waals surface area contributed by atoms with Gasteiger partial charge in [-0.1, -0.05) is 52.5 Å². The van der Waals surface area contributed by atoms with Crippen LogP contribution in [0.3, 0.4) is 0 Å². The number of nitrogens with zero attached hydrogens (tertiary/aromatic N) is 2. The van der Waals surface area contributed by atoms with Gasteiger partial charge in [0.1, 0.15) is 5.82 Å². The molecule has 3 rings (SSSR count). The molecule has 1 amide bonds. The van der Waals surface area contributed by atoms with Gasteiger partial charge in [0.15, 0.2) is 0 Å². The van der Waals surface area contributed by atoms with Crippen molar-refractivity contribution in [2.45, 2.75) is 39.3 Å². The zero-order chi connectivity index (χ0) is 20.4. The third kappa shape index (κ3) is 4.74. The second-order valence-electron chi connectivity index (χ2n) is 6.78. The molecule has 1 N–H and O–H groups in total. The molecule has 28 heavy (non-hydrogen) atoms. The summed E-state index contributed by atoms with van der Waals surface area (Å²) in [6, 6.07) is 8.96. The number of amides is 1. The number of halogens is 4. The molecule has 8 heteroatoms. The van der Waals surface area contributed by atoms with Gasteiger partial charge in [0, 0.05) is 35.5 Å². The van der Waals surface area contributed by atoms with Crippen molar-refractivity contribution in [3.63, 3.8) is 0 Å². The van der Waals surface area contributed by atoms with Gasteiger partial charge in [0.05, 0.1) is 21.1 Å². The number of aromatic nitrogens is 2. The van der Waals surface area contributed by atoms with Crippen LogP contribution in [0.1, 0.15) is 31.7 Å². The minimum Gasteiger partial charge on any atom is -0.354 e. The number of hydrogen-bond acceptors (Lipinski definition) is 2. The quantitative estimate of drug-likeness (QED) is 0.481. The molecule has 0 spiro atoms. The zero-order valence-electron chi connectivity index (χ0n) is 15.4. The van der Waals surface area contributed by atoms with E-state index in [1.54, 1.807) is 30.3 Å². The first-order valence-electron chi connectivity index (χ1n) is 8.82.